The van der Waals surface area contributed by atoms with E-state index >= 15 is 0 Å². The van der Waals surface area contributed by atoms with Crippen LogP contribution in [-0.4, -0.2) is 67.9 Å². The molecule has 4 N–H and O–H groups in total. The van der Waals surface area contributed by atoms with E-state index < -0.39 is 5.91 Å². The zero-order valence-electron chi connectivity index (χ0n) is 19.6. The number of amidine groups is 1. The number of methoxy groups -OCH3 is 1. The van der Waals surface area contributed by atoms with Gasteiger partial charge in [-0.1, -0.05) is 0 Å². The number of benzene rings is 1. The molecular weight excluding hydrogens is 438 g/mol. The smallest absolute Gasteiger partial charge is 0.279 e. The number of hydrogen-bond donors (Lipinski definition) is 2. The highest BCUT2D eigenvalue weighted by molar-refractivity contribution is 6.06. The van der Waals surface area contributed by atoms with Gasteiger partial charge in [0.05, 0.1) is 12.8 Å². The highest BCUT2D eigenvalue weighted by Crippen LogP contribution is 2.28. The molecule has 0 spiro atoms. The maximum Gasteiger partial charge on any atom is 0.279 e. The van der Waals surface area contributed by atoms with Gasteiger partial charge in [0.2, 0.25) is 0 Å². The van der Waals surface area contributed by atoms with Gasteiger partial charge in [0.15, 0.2) is 6.29 Å². The van der Waals surface area contributed by atoms with Gasteiger partial charge in [0.25, 0.3) is 5.91 Å². The van der Waals surface area contributed by atoms with Crippen molar-refractivity contribution in [1.29, 1.82) is 0 Å². The standard InChI is InChI=1S/C20H22N4O5.C4H9N/c1-13(12-27-2)28-17-7-14(20(26)24-19(22)5-6-21)8-18(9-17)29-16-4-3-15(11-25)23-10-16;1-5-3-2-4-5/h3-11,13H,12,21H2,1-2H3,(H2,22,24,26);2-4H2,1H3/b6-5-;. The molecule has 0 bridgehead atoms. The monoisotopic (exact) mass is 469 g/mol. The van der Waals surface area contributed by atoms with Gasteiger partial charge >= 0.3 is 0 Å². The van der Waals surface area contributed by atoms with Gasteiger partial charge in [-0.05, 0) is 70.0 Å². The summed E-state index contributed by atoms with van der Waals surface area (Å²) in [6, 6.07) is 7.73. The highest BCUT2D eigenvalue weighted by Gasteiger charge is 2.13. The van der Waals surface area contributed by atoms with E-state index in [-0.39, 0.29) is 23.2 Å². The van der Waals surface area contributed by atoms with Crippen LogP contribution < -0.4 is 20.9 Å². The van der Waals surface area contributed by atoms with Crippen LogP contribution in [0.15, 0.2) is 53.8 Å². The van der Waals surface area contributed by atoms with Crippen LogP contribution in [0.25, 0.3) is 0 Å². The van der Waals surface area contributed by atoms with Gasteiger partial charge in [-0.2, -0.15) is 4.99 Å². The lowest BCUT2D eigenvalue weighted by Gasteiger charge is -2.24. The van der Waals surface area contributed by atoms with Gasteiger partial charge < -0.3 is 30.6 Å². The molecule has 3 rings (SSSR count). The maximum atomic E-state index is 12.5. The predicted molar refractivity (Wildman–Crippen MR) is 130 cm³/mol. The molecule has 1 aliphatic heterocycles. The molecule has 2 heterocycles. The molecule has 1 fully saturated rings. The Hall–Kier alpha value is -3.76. The molecule has 34 heavy (non-hydrogen) atoms. The van der Waals surface area contributed by atoms with E-state index in [1.54, 1.807) is 19.2 Å². The van der Waals surface area contributed by atoms with E-state index in [0.29, 0.717) is 30.1 Å². The molecule has 182 valence electrons. The van der Waals surface area contributed by atoms with Crippen LogP contribution in [0.5, 0.6) is 17.2 Å². The van der Waals surface area contributed by atoms with Gasteiger partial charge in [0, 0.05) is 18.7 Å². The molecule has 1 aliphatic rings. The molecule has 1 aromatic carbocycles. The highest BCUT2D eigenvalue weighted by atomic mass is 16.5. The van der Waals surface area contributed by atoms with Crippen molar-refractivity contribution in [3.63, 3.8) is 0 Å². The van der Waals surface area contributed by atoms with Gasteiger partial charge in [-0.3, -0.25) is 9.59 Å². The van der Waals surface area contributed by atoms with Crippen molar-refractivity contribution < 1.29 is 23.8 Å². The summed E-state index contributed by atoms with van der Waals surface area (Å²) in [5.74, 6) is 0.456. The first kappa shape index (κ1) is 26.5. The fourth-order valence-corrected chi connectivity index (χ4v) is 2.77. The minimum Gasteiger partial charge on any atom is -0.488 e. The lowest BCUT2D eigenvalue weighted by molar-refractivity contribution is 0.0915. The second-order valence-electron chi connectivity index (χ2n) is 7.57. The Morgan fingerprint density at radius 3 is 2.47 bits per heavy atom. The zero-order chi connectivity index (χ0) is 24.9. The molecule has 1 aromatic heterocycles. The average molecular weight is 470 g/mol. The minimum atomic E-state index is -0.593. The number of rotatable bonds is 9. The number of aldehydes is 1. The number of nitrogens with two attached hydrogens (primary N) is 2. The van der Waals surface area contributed by atoms with Crippen molar-refractivity contribution in [1.82, 2.24) is 9.88 Å². The van der Waals surface area contributed by atoms with Crippen molar-refractivity contribution in [2.45, 2.75) is 19.4 Å². The predicted octanol–water partition coefficient (Wildman–Crippen LogP) is 2.39. The van der Waals surface area contributed by atoms with Gasteiger partial charge in [0.1, 0.15) is 34.9 Å². The van der Waals surface area contributed by atoms with E-state index in [1.165, 1.54) is 56.2 Å². The number of aliphatic imine (C=N–C) groups is 1. The first-order valence-electron chi connectivity index (χ1n) is 10.7. The summed E-state index contributed by atoms with van der Waals surface area (Å²) in [6.07, 6.45) is 5.66. The van der Waals surface area contributed by atoms with Crippen LogP contribution in [0.4, 0.5) is 0 Å². The number of amides is 1. The van der Waals surface area contributed by atoms with E-state index in [2.05, 4.69) is 21.9 Å². The lowest BCUT2D eigenvalue weighted by Crippen LogP contribution is -2.32. The largest absolute Gasteiger partial charge is 0.488 e. The SMILES string of the molecule is CN1CCC1.COCC(C)Oc1cc(Oc2ccc(C=O)nc2)cc(C(=O)N=C(N)/C=C\N)c1. The van der Waals surface area contributed by atoms with Crippen LogP contribution >= 0.6 is 0 Å². The topological polar surface area (TPSA) is 142 Å². The van der Waals surface area contributed by atoms with Crippen LogP contribution in [0.1, 0.15) is 34.2 Å². The Kier molecular flexibility index (Phi) is 10.7. The normalized spacial score (nSPS) is 14.5. The van der Waals surface area contributed by atoms with Crippen molar-refractivity contribution in [2.75, 3.05) is 33.9 Å². The summed E-state index contributed by atoms with van der Waals surface area (Å²) in [6.45, 7) is 4.82. The second-order valence-corrected chi connectivity index (χ2v) is 7.57. The maximum absolute atomic E-state index is 12.5. The number of carbonyl (C=O) groups is 2. The molecule has 1 amide bonds. The first-order chi connectivity index (χ1) is 16.3. The van der Waals surface area contributed by atoms with E-state index in [0.717, 1.165) is 0 Å². The van der Waals surface area contributed by atoms with Crippen LogP contribution in [0.2, 0.25) is 0 Å². The van der Waals surface area contributed by atoms with E-state index in [1.807, 2.05) is 6.92 Å². The molecule has 0 radical (unpaired) electrons. The van der Waals surface area contributed by atoms with Crippen molar-refractivity contribution in [3.05, 3.63) is 60.1 Å². The minimum absolute atomic E-state index is 0.0345. The third-order valence-electron chi connectivity index (χ3n) is 4.56. The first-order valence-corrected chi connectivity index (χ1v) is 10.7. The van der Waals surface area contributed by atoms with Crippen LogP contribution in [0, 0.1) is 0 Å². The number of nitrogens with zero attached hydrogens (tertiary/aromatic N) is 3. The summed E-state index contributed by atoms with van der Waals surface area (Å²) in [4.78, 5) is 33.2. The van der Waals surface area contributed by atoms with Crippen molar-refractivity contribution in [3.8, 4) is 17.2 Å². The van der Waals surface area contributed by atoms with Crippen molar-refractivity contribution >= 4 is 18.0 Å². The second kappa shape index (κ2) is 13.7. The lowest BCUT2D eigenvalue weighted by atomic mass is 10.2. The Bertz CT molecular complexity index is 1000. The number of hydrogen-bond acceptors (Lipinski definition) is 8. The Morgan fingerprint density at radius 2 is 1.94 bits per heavy atom. The summed E-state index contributed by atoms with van der Waals surface area (Å²) in [5, 5.41) is 0. The van der Waals surface area contributed by atoms with E-state index in [4.69, 9.17) is 25.7 Å². The molecule has 1 saturated heterocycles. The molecule has 2 aromatic rings. The summed E-state index contributed by atoms with van der Waals surface area (Å²) < 4.78 is 16.6. The third-order valence-corrected chi connectivity index (χ3v) is 4.56. The Balaban J connectivity index is 0.000000720. The van der Waals surface area contributed by atoms with Gasteiger partial charge in [-0.25, -0.2) is 4.98 Å². The Morgan fingerprint density at radius 1 is 1.24 bits per heavy atom. The van der Waals surface area contributed by atoms with E-state index in [9.17, 15) is 9.59 Å². The molecule has 1 unspecified atom stereocenters. The molecule has 1 atom stereocenters. The number of aromatic nitrogens is 1. The summed E-state index contributed by atoms with van der Waals surface area (Å²) in [7, 11) is 3.70. The Labute approximate surface area is 199 Å². The van der Waals surface area contributed by atoms with Crippen molar-refractivity contribution in [2.24, 2.45) is 16.5 Å². The number of carbonyl (C=O) groups excluding carboxylic acids is 2. The summed E-state index contributed by atoms with van der Waals surface area (Å²) in [5.41, 5.74) is 11.3. The van der Waals surface area contributed by atoms with Gasteiger partial charge in [-0.15, -0.1) is 0 Å². The van der Waals surface area contributed by atoms with Crippen LogP contribution in [-0.2, 0) is 4.74 Å². The molecular formula is C24H31N5O5. The average Bonchev–Trinajstić information content (AvgIpc) is 2.78. The molecule has 10 nitrogen and oxygen atoms in total. The number of ether oxygens (including phenoxy) is 3. The number of likely N-dealkylation sites (tertiary alicyclic amines) is 1. The molecule has 10 heteroatoms. The number of pyridine rings is 1. The quantitative estimate of drug-likeness (QED) is 0.321. The fraction of sp³-hybridized carbons (Fsp3) is 0.333. The third kappa shape index (κ3) is 9.00. The zero-order valence-corrected chi connectivity index (χ0v) is 19.6. The molecule has 0 saturated carbocycles. The fourth-order valence-electron chi connectivity index (χ4n) is 2.77. The summed E-state index contributed by atoms with van der Waals surface area (Å²) >= 11 is 0. The molecule has 0 aliphatic carbocycles. The van der Waals surface area contributed by atoms with Crippen LogP contribution in [0.3, 0.4) is 0 Å².